The van der Waals surface area contributed by atoms with Crippen LogP contribution < -0.4 is 14.8 Å². The molecule has 0 heterocycles. The highest BCUT2D eigenvalue weighted by molar-refractivity contribution is 5.77. The van der Waals surface area contributed by atoms with Crippen LogP contribution in [0.1, 0.15) is 24.5 Å². The van der Waals surface area contributed by atoms with E-state index in [4.69, 9.17) is 9.47 Å². The number of carbonyl (C=O) groups excluding carboxylic acids is 1. The number of halogens is 3. The molecule has 0 unspecified atom stereocenters. The molecule has 0 saturated heterocycles. The zero-order valence-electron chi connectivity index (χ0n) is 15.0. The van der Waals surface area contributed by atoms with E-state index in [0.717, 1.165) is 24.3 Å². The number of carbonyl (C=O) groups is 1. The van der Waals surface area contributed by atoms with E-state index < -0.39 is 11.7 Å². The Morgan fingerprint density at radius 1 is 0.963 bits per heavy atom. The lowest BCUT2D eigenvalue weighted by molar-refractivity contribution is -0.137. The molecule has 0 bridgehead atoms. The molecule has 1 amide bonds. The molecule has 2 aromatic carbocycles. The second kappa shape index (κ2) is 9.85. The molecule has 0 saturated carbocycles. The molecule has 4 nitrogen and oxygen atoms in total. The largest absolute Gasteiger partial charge is 0.494 e. The molecule has 1 N–H and O–H groups in total. The van der Waals surface area contributed by atoms with Crippen molar-refractivity contribution < 1.29 is 27.4 Å². The maximum atomic E-state index is 12.5. The Labute approximate surface area is 156 Å². The van der Waals surface area contributed by atoms with Gasteiger partial charge in [0.15, 0.2) is 6.61 Å². The maximum Gasteiger partial charge on any atom is 0.416 e. The Morgan fingerprint density at radius 2 is 1.56 bits per heavy atom. The van der Waals surface area contributed by atoms with Gasteiger partial charge in [0.2, 0.25) is 0 Å². The normalized spacial score (nSPS) is 11.1. The van der Waals surface area contributed by atoms with E-state index in [-0.39, 0.29) is 12.5 Å². The first kappa shape index (κ1) is 20.6. The molecule has 27 heavy (non-hydrogen) atoms. The van der Waals surface area contributed by atoms with Gasteiger partial charge in [-0.3, -0.25) is 4.79 Å². The molecule has 0 radical (unpaired) electrons. The van der Waals surface area contributed by atoms with Crippen molar-refractivity contribution in [3.05, 3.63) is 59.7 Å². The van der Waals surface area contributed by atoms with Crippen molar-refractivity contribution in [2.24, 2.45) is 0 Å². The summed E-state index contributed by atoms with van der Waals surface area (Å²) in [6, 6.07) is 11.9. The van der Waals surface area contributed by atoms with E-state index in [9.17, 15) is 18.0 Å². The van der Waals surface area contributed by atoms with Gasteiger partial charge in [-0.05, 0) is 54.8 Å². The van der Waals surface area contributed by atoms with Crippen LogP contribution in [0.5, 0.6) is 11.5 Å². The van der Waals surface area contributed by atoms with Crippen LogP contribution in [-0.2, 0) is 17.4 Å². The summed E-state index contributed by atoms with van der Waals surface area (Å²) in [6.45, 7) is 2.84. The minimum atomic E-state index is -4.34. The fourth-order valence-electron chi connectivity index (χ4n) is 2.26. The van der Waals surface area contributed by atoms with Gasteiger partial charge in [0, 0.05) is 6.54 Å². The van der Waals surface area contributed by atoms with Crippen LogP contribution in [0.25, 0.3) is 0 Å². The smallest absolute Gasteiger partial charge is 0.416 e. The summed E-state index contributed by atoms with van der Waals surface area (Å²) in [6.07, 6.45) is -2.98. The van der Waals surface area contributed by atoms with Crippen molar-refractivity contribution in [3.8, 4) is 11.5 Å². The number of ether oxygens (including phenoxy) is 2. The second-order valence-corrected chi connectivity index (χ2v) is 5.90. The fraction of sp³-hybridized carbons (Fsp3) is 0.350. The van der Waals surface area contributed by atoms with Gasteiger partial charge in [-0.25, -0.2) is 0 Å². The van der Waals surface area contributed by atoms with Crippen LogP contribution in [0.2, 0.25) is 0 Å². The molecule has 0 aliphatic rings. The number of hydrogen-bond donors (Lipinski definition) is 1. The summed E-state index contributed by atoms with van der Waals surface area (Å²) >= 11 is 0. The summed E-state index contributed by atoms with van der Waals surface area (Å²) in [4.78, 5) is 11.8. The third-order valence-corrected chi connectivity index (χ3v) is 3.68. The van der Waals surface area contributed by atoms with Crippen LogP contribution in [0.4, 0.5) is 13.2 Å². The molecular weight excluding hydrogens is 359 g/mol. The van der Waals surface area contributed by atoms with E-state index in [2.05, 4.69) is 5.32 Å². The number of hydrogen-bond acceptors (Lipinski definition) is 3. The van der Waals surface area contributed by atoms with Crippen molar-refractivity contribution in [3.63, 3.8) is 0 Å². The van der Waals surface area contributed by atoms with Crippen molar-refractivity contribution in [2.75, 3.05) is 19.8 Å². The van der Waals surface area contributed by atoms with E-state index in [1.54, 1.807) is 24.3 Å². The predicted molar refractivity (Wildman–Crippen MR) is 95.9 cm³/mol. The third kappa shape index (κ3) is 7.21. The van der Waals surface area contributed by atoms with E-state index in [0.29, 0.717) is 30.9 Å². The van der Waals surface area contributed by atoms with Crippen LogP contribution in [0, 0.1) is 0 Å². The van der Waals surface area contributed by atoms with Gasteiger partial charge < -0.3 is 14.8 Å². The third-order valence-electron chi connectivity index (χ3n) is 3.68. The summed E-state index contributed by atoms with van der Waals surface area (Å²) in [5.41, 5.74) is 0.0293. The SMILES string of the molecule is CCCOc1ccc(OCC(=O)NCCc2ccc(C(F)(F)F)cc2)cc1. The van der Waals surface area contributed by atoms with Crippen molar-refractivity contribution in [1.82, 2.24) is 5.32 Å². The summed E-state index contributed by atoms with van der Waals surface area (Å²) in [5, 5.41) is 2.67. The Balaban J connectivity index is 1.69. The predicted octanol–water partition coefficient (Wildman–Crippen LogP) is 4.23. The highest BCUT2D eigenvalue weighted by Gasteiger charge is 2.29. The molecule has 0 fully saturated rings. The van der Waals surface area contributed by atoms with Crippen LogP contribution >= 0.6 is 0 Å². The lowest BCUT2D eigenvalue weighted by Crippen LogP contribution is -2.30. The Kier molecular flexibility index (Phi) is 7.52. The number of amides is 1. The Bertz CT molecular complexity index is 713. The van der Waals surface area contributed by atoms with Gasteiger partial charge in [-0.1, -0.05) is 19.1 Å². The van der Waals surface area contributed by atoms with Gasteiger partial charge in [0.05, 0.1) is 12.2 Å². The summed E-state index contributed by atoms with van der Waals surface area (Å²) < 4.78 is 48.4. The van der Waals surface area contributed by atoms with Crippen LogP contribution in [-0.4, -0.2) is 25.7 Å². The highest BCUT2D eigenvalue weighted by atomic mass is 19.4. The van der Waals surface area contributed by atoms with Gasteiger partial charge in [-0.15, -0.1) is 0 Å². The van der Waals surface area contributed by atoms with Gasteiger partial charge in [0.25, 0.3) is 5.91 Å². The second-order valence-electron chi connectivity index (χ2n) is 5.90. The Hall–Kier alpha value is -2.70. The molecule has 2 rings (SSSR count). The number of nitrogens with one attached hydrogen (secondary N) is 1. The van der Waals surface area contributed by atoms with E-state index in [1.807, 2.05) is 6.92 Å². The highest BCUT2D eigenvalue weighted by Crippen LogP contribution is 2.29. The maximum absolute atomic E-state index is 12.5. The van der Waals surface area contributed by atoms with Crippen molar-refractivity contribution in [2.45, 2.75) is 25.9 Å². The van der Waals surface area contributed by atoms with E-state index in [1.165, 1.54) is 12.1 Å². The number of benzene rings is 2. The van der Waals surface area contributed by atoms with Crippen molar-refractivity contribution >= 4 is 5.91 Å². The first-order valence-electron chi connectivity index (χ1n) is 8.67. The first-order chi connectivity index (χ1) is 12.9. The average molecular weight is 381 g/mol. The molecular formula is C20H22F3NO3. The average Bonchev–Trinajstić information content (AvgIpc) is 2.65. The zero-order valence-corrected chi connectivity index (χ0v) is 15.0. The van der Waals surface area contributed by atoms with Gasteiger partial charge in [0.1, 0.15) is 11.5 Å². The quantitative estimate of drug-likeness (QED) is 0.707. The minimum Gasteiger partial charge on any atom is -0.494 e. The number of alkyl halides is 3. The van der Waals surface area contributed by atoms with Crippen LogP contribution in [0.15, 0.2) is 48.5 Å². The summed E-state index contributed by atoms with van der Waals surface area (Å²) in [5.74, 6) is 0.996. The van der Waals surface area contributed by atoms with Gasteiger partial charge >= 0.3 is 6.18 Å². The minimum absolute atomic E-state index is 0.137. The topological polar surface area (TPSA) is 47.6 Å². The molecule has 0 spiro atoms. The lowest BCUT2D eigenvalue weighted by Gasteiger charge is -2.10. The molecule has 0 atom stereocenters. The molecule has 0 aromatic heterocycles. The van der Waals surface area contributed by atoms with Crippen LogP contribution in [0.3, 0.4) is 0 Å². The fourth-order valence-corrected chi connectivity index (χ4v) is 2.26. The van der Waals surface area contributed by atoms with Crippen molar-refractivity contribution in [1.29, 1.82) is 0 Å². The Morgan fingerprint density at radius 3 is 2.11 bits per heavy atom. The lowest BCUT2D eigenvalue weighted by atomic mass is 10.1. The molecule has 0 aliphatic carbocycles. The first-order valence-corrected chi connectivity index (χ1v) is 8.67. The molecule has 7 heteroatoms. The summed E-state index contributed by atoms with van der Waals surface area (Å²) in [7, 11) is 0. The zero-order chi connectivity index (χ0) is 19.7. The van der Waals surface area contributed by atoms with Gasteiger partial charge in [-0.2, -0.15) is 13.2 Å². The van der Waals surface area contributed by atoms with E-state index >= 15 is 0 Å². The molecule has 0 aliphatic heterocycles. The monoisotopic (exact) mass is 381 g/mol. The standard InChI is InChI=1S/C20H22F3NO3/c1-2-13-26-17-7-9-18(10-8-17)27-14-19(25)24-12-11-15-3-5-16(6-4-15)20(21,22)23/h3-10H,2,11-14H2,1H3,(H,24,25). The molecule has 2 aromatic rings. The molecule has 146 valence electrons. The number of rotatable bonds is 9.